The molecule has 19 heavy (non-hydrogen) atoms. The minimum atomic E-state index is -1.77. The van der Waals surface area contributed by atoms with Crippen molar-refractivity contribution in [3.63, 3.8) is 0 Å². The maximum atomic E-state index is 13.6. The van der Waals surface area contributed by atoms with E-state index in [0.29, 0.717) is 0 Å². The van der Waals surface area contributed by atoms with Crippen LogP contribution in [0.4, 0.5) is 13.2 Å². The molecule has 1 heterocycles. The number of alkyl halides is 1. The van der Waals surface area contributed by atoms with Crippen LogP contribution in [0.25, 0.3) is 0 Å². The second-order valence-corrected chi connectivity index (χ2v) is 4.97. The fraction of sp³-hybridized carbons (Fsp3) is 0.462. The van der Waals surface area contributed by atoms with Gasteiger partial charge in [-0.15, -0.1) is 0 Å². The first-order valence-corrected chi connectivity index (χ1v) is 6.04. The molecule has 2 atom stereocenters. The van der Waals surface area contributed by atoms with Gasteiger partial charge in [0.15, 0.2) is 17.4 Å². The number of benzene rings is 1. The van der Waals surface area contributed by atoms with Gasteiger partial charge in [-0.2, -0.15) is 0 Å². The monoisotopic (exact) mass is 272 g/mol. The van der Waals surface area contributed by atoms with Crippen molar-refractivity contribution in [3.8, 4) is 0 Å². The SMILES string of the molecule is CC1CC(N)(F)CCN1C(=O)c1ccc(F)c(F)c1. The van der Waals surface area contributed by atoms with Gasteiger partial charge in [-0.25, -0.2) is 13.2 Å². The number of hydrogen-bond donors (Lipinski definition) is 1. The van der Waals surface area contributed by atoms with Crippen molar-refractivity contribution in [2.45, 2.75) is 31.6 Å². The average molecular weight is 272 g/mol. The highest BCUT2D eigenvalue weighted by molar-refractivity contribution is 5.94. The predicted octanol–water partition coefficient (Wildman–Crippen LogP) is 2.21. The molecule has 1 aromatic rings. The van der Waals surface area contributed by atoms with Crippen LogP contribution in [0.1, 0.15) is 30.1 Å². The Kier molecular flexibility index (Phi) is 3.54. The van der Waals surface area contributed by atoms with E-state index in [9.17, 15) is 18.0 Å². The van der Waals surface area contributed by atoms with Crippen LogP contribution in [0.2, 0.25) is 0 Å². The molecule has 104 valence electrons. The van der Waals surface area contributed by atoms with Crippen molar-refractivity contribution in [1.29, 1.82) is 0 Å². The Morgan fingerprint density at radius 2 is 2.11 bits per heavy atom. The van der Waals surface area contributed by atoms with E-state index in [1.807, 2.05) is 0 Å². The summed E-state index contributed by atoms with van der Waals surface area (Å²) < 4.78 is 39.5. The van der Waals surface area contributed by atoms with Crippen molar-refractivity contribution in [2.24, 2.45) is 5.73 Å². The maximum absolute atomic E-state index is 13.6. The lowest BCUT2D eigenvalue weighted by molar-refractivity contribution is 0.0246. The second-order valence-electron chi connectivity index (χ2n) is 4.97. The highest BCUT2D eigenvalue weighted by atomic mass is 19.2. The first kappa shape index (κ1) is 13.9. The number of carbonyl (C=O) groups is 1. The quantitative estimate of drug-likeness (QED) is 0.797. The summed E-state index contributed by atoms with van der Waals surface area (Å²) in [5, 5.41) is 0. The zero-order valence-corrected chi connectivity index (χ0v) is 10.5. The normalized spacial score (nSPS) is 27.4. The molecule has 2 unspecified atom stereocenters. The first-order valence-electron chi connectivity index (χ1n) is 6.04. The van der Waals surface area contributed by atoms with Gasteiger partial charge < -0.3 is 4.90 Å². The van der Waals surface area contributed by atoms with E-state index in [-0.39, 0.29) is 31.0 Å². The molecule has 0 saturated carbocycles. The minimum absolute atomic E-state index is 0.0302. The Bertz CT molecular complexity index is 505. The second kappa shape index (κ2) is 4.85. The molecule has 2 N–H and O–H groups in total. The van der Waals surface area contributed by atoms with Gasteiger partial charge in [-0.3, -0.25) is 10.5 Å². The largest absolute Gasteiger partial charge is 0.336 e. The number of hydrogen-bond acceptors (Lipinski definition) is 2. The Labute approximate surface area is 109 Å². The van der Waals surface area contributed by atoms with Crippen LogP contribution in [0.15, 0.2) is 18.2 Å². The van der Waals surface area contributed by atoms with Crippen molar-refractivity contribution in [3.05, 3.63) is 35.4 Å². The van der Waals surface area contributed by atoms with Gasteiger partial charge in [-0.1, -0.05) is 0 Å². The van der Waals surface area contributed by atoms with E-state index in [4.69, 9.17) is 5.73 Å². The zero-order chi connectivity index (χ0) is 14.2. The fourth-order valence-corrected chi connectivity index (χ4v) is 2.33. The molecule has 1 aromatic carbocycles. The van der Waals surface area contributed by atoms with Gasteiger partial charge in [0.1, 0.15) is 0 Å². The molecule has 0 spiro atoms. The molecule has 0 bridgehead atoms. The highest BCUT2D eigenvalue weighted by Gasteiger charge is 2.37. The number of halogens is 3. The van der Waals surface area contributed by atoms with Gasteiger partial charge in [0, 0.05) is 31.0 Å². The molecule has 0 aromatic heterocycles. The third kappa shape index (κ3) is 2.89. The summed E-state index contributed by atoms with van der Waals surface area (Å²) in [5.74, 6) is -4.30. The van der Waals surface area contributed by atoms with Crippen LogP contribution in [-0.4, -0.2) is 29.2 Å². The summed E-state index contributed by atoms with van der Waals surface area (Å²) >= 11 is 0. The summed E-state index contributed by atoms with van der Waals surface area (Å²) in [4.78, 5) is 13.6. The summed E-state index contributed by atoms with van der Waals surface area (Å²) in [6.07, 6.45) is 0.0647. The molecule has 1 saturated heterocycles. The topological polar surface area (TPSA) is 46.3 Å². The standard InChI is InChI=1S/C13H15F3N2O/c1-8-7-13(16,17)4-5-18(8)12(19)9-2-3-10(14)11(15)6-9/h2-3,6,8H,4-5,7,17H2,1H3. The average Bonchev–Trinajstić information content (AvgIpc) is 2.31. The Morgan fingerprint density at radius 1 is 1.42 bits per heavy atom. The van der Waals surface area contributed by atoms with E-state index in [2.05, 4.69) is 0 Å². The number of nitrogens with zero attached hydrogens (tertiary/aromatic N) is 1. The lowest BCUT2D eigenvalue weighted by Gasteiger charge is -2.39. The number of amides is 1. The zero-order valence-electron chi connectivity index (χ0n) is 10.5. The van der Waals surface area contributed by atoms with E-state index in [0.717, 1.165) is 12.1 Å². The lowest BCUT2D eigenvalue weighted by atomic mass is 9.96. The third-order valence-electron chi connectivity index (χ3n) is 3.36. The number of piperidine rings is 1. The molecule has 6 heteroatoms. The molecular formula is C13H15F3N2O. The first-order chi connectivity index (χ1) is 8.80. The van der Waals surface area contributed by atoms with Gasteiger partial charge in [0.2, 0.25) is 0 Å². The molecule has 1 aliphatic heterocycles. The number of likely N-dealkylation sites (tertiary alicyclic amines) is 1. The Balaban J connectivity index is 2.18. The van der Waals surface area contributed by atoms with E-state index in [1.54, 1.807) is 6.92 Å². The number of rotatable bonds is 1. The van der Waals surface area contributed by atoms with Crippen LogP contribution in [0, 0.1) is 11.6 Å². The summed E-state index contributed by atoms with van der Waals surface area (Å²) in [6.45, 7) is 1.84. The number of nitrogens with two attached hydrogens (primary N) is 1. The van der Waals surface area contributed by atoms with E-state index in [1.165, 1.54) is 11.0 Å². The molecule has 1 amide bonds. The minimum Gasteiger partial charge on any atom is -0.336 e. The number of carbonyl (C=O) groups excluding carboxylic acids is 1. The molecule has 1 fully saturated rings. The summed E-state index contributed by atoms with van der Waals surface area (Å²) in [5.41, 5.74) is 5.45. The lowest BCUT2D eigenvalue weighted by Crippen LogP contribution is -2.53. The predicted molar refractivity (Wildman–Crippen MR) is 64.1 cm³/mol. The van der Waals surface area contributed by atoms with Crippen molar-refractivity contribution >= 4 is 5.91 Å². The fourth-order valence-electron chi connectivity index (χ4n) is 2.33. The summed E-state index contributed by atoms with van der Waals surface area (Å²) in [6, 6.07) is 2.58. The smallest absolute Gasteiger partial charge is 0.254 e. The Hall–Kier alpha value is -1.56. The molecule has 3 nitrogen and oxygen atoms in total. The van der Waals surface area contributed by atoms with Crippen LogP contribution < -0.4 is 5.73 Å². The van der Waals surface area contributed by atoms with Gasteiger partial charge in [-0.05, 0) is 25.1 Å². The van der Waals surface area contributed by atoms with Gasteiger partial charge in [0.25, 0.3) is 5.91 Å². The van der Waals surface area contributed by atoms with E-state index < -0.39 is 23.3 Å². The van der Waals surface area contributed by atoms with Crippen LogP contribution in [0.5, 0.6) is 0 Å². The molecule has 0 radical (unpaired) electrons. The van der Waals surface area contributed by atoms with Crippen molar-refractivity contribution in [2.75, 3.05) is 6.54 Å². The molecular weight excluding hydrogens is 257 g/mol. The summed E-state index contributed by atoms with van der Waals surface area (Å²) in [7, 11) is 0. The molecule has 0 aliphatic carbocycles. The van der Waals surface area contributed by atoms with Crippen molar-refractivity contribution < 1.29 is 18.0 Å². The van der Waals surface area contributed by atoms with Gasteiger partial charge in [0.05, 0.1) is 0 Å². The van der Waals surface area contributed by atoms with Crippen LogP contribution in [0.3, 0.4) is 0 Å². The van der Waals surface area contributed by atoms with E-state index >= 15 is 0 Å². The Morgan fingerprint density at radius 3 is 2.68 bits per heavy atom. The van der Waals surface area contributed by atoms with Gasteiger partial charge >= 0.3 is 0 Å². The maximum Gasteiger partial charge on any atom is 0.254 e. The third-order valence-corrected chi connectivity index (χ3v) is 3.36. The molecule has 2 rings (SSSR count). The van der Waals surface area contributed by atoms with Crippen molar-refractivity contribution in [1.82, 2.24) is 4.90 Å². The van der Waals surface area contributed by atoms with Crippen LogP contribution in [-0.2, 0) is 0 Å². The molecule has 1 aliphatic rings. The van der Waals surface area contributed by atoms with Crippen LogP contribution >= 0.6 is 0 Å². The highest BCUT2D eigenvalue weighted by Crippen LogP contribution is 2.27.